The number of rotatable bonds is 8. The van der Waals surface area contributed by atoms with E-state index in [0.29, 0.717) is 46.8 Å². The topological polar surface area (TPSA) is 127 Å². The number of anilines is 5. The van der Waals surface area contributed by atoms with Crippen molar-refractivity contribution in [1.82, 2.24) is 20.2 Å². The molecular weight excluding hydrogens is 518 g/mol. The molecule has 1 atom stereocenters. The van der Waals surface area contributed by atoms with Gasteiger partial charge in [-0.1, -0.05) is 23.7 Å². The van der Waals surface area contributed by atoms with Crippen LogP contribution in [0.2, 0.25) is 5.02 Å². The lowest BCUT2D eigenvalue weighted by Crippen LogP contribution is -2.47. The van der Waals surface area contributed by atoms with E-state index in [4.69, 9.17) is 21.1 Å². The maximum absolute atomic E-state index is 12.4. The minimum Gasteiger partial charge on any atom is -0.593 e. The Morgan fingerprint density at radius 2 is 1.95 bits per heavy atom. The maximum atomic E-state index is 12.4. The van der Waals surface area contributed by atoms with Gasteiger partial charge in [0.2, 0.25) is 5.95 Å². The molecule has 0 bridgehead atoms. The fourth-order valence-electron chi connectivity index (χ4n) is 3.61. The minimum atomic E-state index is -1.21. The zero-order valence-corrected chi connectivity index (χ0v) is 22.2. The highest BCUT2D eigenvalue weighted by Gasteiger charge is 2.19. The third kappa shape index (κ3) is 6.66. The summed E-state index contributed by atoms with van der Waals surface area (Å²) in [6, 6.07) is 12.4. The number of carbonyl (C=O) groups is 1. The van der Waals surface area contributed by atoms with Crippen molar-refractivity contribution in [3.8, 4) is 11.5 Å². The SMILES string of the molecule is COc1cc(OC(=O)N2CCNCC2)ccc1Nc1ncc(Cl)c(Nc2ccccc2N(C)[S+](C)[O-])n1. The Bertz CT molecular complexity index is 1240. The van der Waals surface area contributed by atoms with Gasteiger partial charge in [0.05, 0.1) is 43.1 Å². The van der Waals surface area contributed by atoms with Crippen LogP contribution in [-0.4, -0.2) is 72.1 Å². The van der Waals surface area contributed by atoms with Crippen LogP contribution < -0.4 is 29.7 Å². The molecule has 11 nitrogen and oxygen atoms in total. The molecule has 1 fully saturated rings. The normalized spacial score (nSPS) is 14.0. The van der Waals surface area contributed by atoms with Gasteiger partial charge in [0.15, 0.2) is 5.82 Å². The van der Waals surface area contributed by atoms with Crippen molar-refractivity contribution >= 4 is 57.9 Å². The average molecular weight is 546 g/mol. The number of methoxy groups -OCH3 is 1. The third-order valence-electron chi connectivity index (χ3n) is 5.63. The first kappa shape index (κ1) is 26.6. The van der Waals surface area contributed by atoms with E-state index in [1.54, 1.807) is 40.7 Å². The molecule has 13 heteroatoms. The number of hydrogen-bond donors (Lipinski definition) is 3. The molecule has 3 aromatic rings. The molecule has 1 unspecified atom stereocenters. The lowest BCUT2D eigenvalue weighted by Gasteiger charge is -2.26. The molecule has 1 aromatic heterocycles. The zero-order chi connectivity index (χ0) is 26.4. The van der Waals surface area contributed by atoms with Crippen LogP contribution in [0, 0.1) is 0 Å². The molecule has 2 aromatic carbocycles. The Morgan fingerprint density at radius 3 is 2.68 bits per heavy atom. The highest BCUT2D eigenvalue weighted by Crippen LogP contribution is 2.34. The van der Waals surface area contributed by atoms with E-state index in [9.17, 15) is 9.35 Å². The van der Waals surface area contributed by atoms with Crippen molar-refractivity contribution in [3.63, 3.8) is 0 Å². The number of amides is 1. The van der Waals surface area contributed by atoms with Crippen LogP contribution in [0.25, 0.3) is 0 Å². The first-order valence-corrected chi connectivity index (χ1v) is 13.3. The summed E-state index contributed by atoms with van der Waals surface area (Å²) < 4.78 is 24.6. The predicted octanol–water partition coefficient (Wildman–Crippen LogP) is 3.76. The van der Waals surface area contributed by atoms with Crippen molar-refractivity contribution < 1.29 is 18.8 Å². The number of nitrogens with zero attached hydrogens (tertiary/aromatic N) is 4. The molecule has 0 spiro atoms. The van der Waals surface area contributed by atoms with Crippen molar-refractivity contribution in [3.05, 3.63) is 53.7 Å². The zero-order valence-electron chi connectivity index (χ0n) is 20.7. The van der Waals surface area contributed by atoms with E-state index in [0.717, 1.165) is 18.8 Å². The van der Waals surface area contributed by atoms with Crippen LogP contribution in [0.3, 0.4) is 0 Å². The van der Waals surface area contributed by atoms with Crippen molar-refractivity contribution in [2.45, 2.75) is 0 Å². The predicted molar refractivity (Wildman–Crippen MR) is 146 cm³/mol. The molecule has 2 heterocycles. The largest absolute Gasteiger partial charge is 0.593 e. The summed E-state index contributed by atoms with van der Waals surface area (Å²) in [7, 11) is 3.26. The number of ether oxygens (including phenoxy) is 2. The molecule has 37 heavy (non-hydrogen) atoms. The number of aromatic nitrogens is 2. The van der Waals surface area contributed by atoms with Gasteiger partial charge >= 0.3 is 6.09 Å². The fourth-order valence-corrected chi connectivity index (χ4v) is 4.18. The average Bonchev–Trinajstić information content (AvgIpc) is 2.91. The summed E-state index contributed by atoms with van der Waals surface area (Å²) in [6.07, 6.45) is 2.67. The first-order valence-electron chi connectivity index (χ1n) is 11.4. The lowest BCUT2D eigenvalue weighted by molar-refractivity contribution is 0.145. The van der Waals surface area contributed by atoms with Crippen LogP contribution >= 0.6 is 11.6 Å². The van der Waals surface area contributed by atoms with Crippen molar-refractivity contribution in [2.75, 3.05) is 61.5 Å². The van der Waals surface area contributed by atoms with E-state index in [1.807, 2.05) is 24.3 Å². The fraction of sp³-hybridized carbons (Fsp3) is 0.292. The second-order valence-electron chi connectivity index (χ2n) is 8.05. The number of benzene rings is 2. The third-order valence-corrected chi connectivity index (χ3v) is 6.87. The van der Waals surface area contributed by atoms with Gasteiger partial charge in [-0.2, -0.15) is 9.29 Å². The summed E-state index contributed by atoms with van der Waals surface area (Å²) >= 11 is 5.15. The van der Waals surface area contributed by atoms with Gasteiger partial charge in [-0.05, 0) is 24.3 Å². The maximum Gasteiger partial charge on any atom is 0.415 e. The quantitative estimate of drug-likeness (QED) is 0.360. The standard InChI is InChI=1S/C24H28ClN7O4S/c1-31(37(3)34)20-7-5-4-6-18(20)28-22-17(25)15-27-23(30-22)29-19-9-8-16(14-21(19)35-2)36-24(33)32-12-10-26-11-13-32/h4-9,14-15,26H,10-13H2,1-3H3,(H2,27,28,29,30). The molecule has 1 aliphatic rings. The Labute approximate surface area is 223 Å². The summed E-state index contributed by atoms with van der Waals surface area (Å²) in [5, 5.41) is 9.82. The summed E-state index contributed by atoms with van der Waals surface area (Å²) in [4.78, 5) is 22.8. The van der Waals surface area contributed by atoms with Crippen LogP contribution in [-0.2, 0) is 11.4 Å². The Kier molecular flexibility index (Phi) is 8.77. The van der Waals surface area contributed by atoms with E-state index < -0.39 is 17.5 Å². The van der Waals surface area contributed by atoms with Crippen molar-refractivity contribution in [2.24, 2.45) is 0 Å². The molecule has 196 valence electrons. The van der Waals surface area contributed by atoms with Crippen LogP contribution in [0.5, 0.6) is 11.5 Å². The van der Waals surface area contributed by atoms with E-state index >= 15 is 0 Å². The van der Waals surface area contributed by atoms with Crippen molar-refractivity contribution in [1.29, 1.82) is 0 Å². The number of nitrogens with one attached hydrogen (secondary N) is 3. The Morgan fingerprint density at radius 1 is 1.19 bits per heavy atom. The minimum absolute atomic E-state index is 0.265. The van der Waals surface area contributed by atoms with Gasteiger partial charge in [-0.15, -0.1) is 0 Å². The molecule has 1 amide bonds. The van der Waals surface area contributed by atoms with Crippen LogP contribution in [0.15, 0.2) is 48.7 Å². The van der Waals surface area contributed by atoms with Gasteiger partial charge in [0.25, 0.3) is 0 Å². The van der Waals surface area contributed by atoms with Gasteiger partial charge in [0.1, 0.15) is 28.5 Å². The van der Waals surface area contributed by atoms with Gasteiger partial charge in [-0.3, -0.25) is 0 Å². The monoisotopic (exact) mass is 545 g/mol. The molecule has 0 radical (unpaired) electrons. The lowest BCUT2D eigenvalue weighted by atomic mass is 10.2. The molecule has 0 aliphatic carbocycles. The molecule has 1 saturated heterocycles. The second-order valence-corrected chi connectivity index (χ2v) is 9.85. The Hall–Kier alpha value is -3.45. The van der Waals surface area contributed by atoms with E-state index in [1.165, 1.54) is 13.3 Å². The van der Waals surface area contributed by atoms with E-state index in [-0.39, 0.29) is 5.95 Å². The first-order chi connectivity index (χ1) is 17.9. The van der Waals surface area contributed by atoms with Gasteiger partial charge in [0, 0.05) is 32.2 Å². The molecular formula is C24H28ClN7O4S. The number of piperazine rings is 1. The molecule has 1 aliphatic heterocycles. The number of para-hydroxylation sites is 2. The second kappa shape index (κ2) is 12.2. The Balaban J connectivity index is 1.51. The van der Waals surface area contributed by atoms with Crippen LogP contribution in [0.4, 0.5) is 33.6 Å². The summed E-state index contributed by atoms with van der Waals surface area (Å²) in [5.41, 5.74) is 1.97. The summed E-state index contributed by atoms with van der Waals surface area (Å²) in [5.74, 6) is 1.43. The molecule has 3 N–H and O–H groups in total. The summed E-state index contributed by atoms with van der Waals surface area (Å²) in [6.45, 7) is 2.66. The van der Waals surface area contributed by atoms with E-state index in [2.05, 4.69) is 25.9 Å². The molecule has 0 saturated carbocycles. The smallest absolute Gasteiger partial charge is 0.415 e. The van der Waals surface area contributed by atoms with Crippen LogP contribution in [0.1, 0.15) is 0 Å². The highest BCUT2D eigenvalue weighted by atomic mass is 35.5. The molecule has 4 rings (SSSR count). The highest BCUT2D eigenvalue weighted by molar-refractivity contribution is 7.92. The van der Waals surface area contributed by atoms with Gasteiger partial charge in [-0.25, -0.2) is 9.78 Å². The number of halogens is 1. The number of carbonyl (C=O) groups excluding carboxylic acids is 1. The van der Waals surface area contributed by atoms with Gasteiger partial charge < -0.3 is 34.9 Å². The number of hydrogen-bond acceptors (Lipinski definition) is 10.